The second-order valence-corrected chi connectivity index (χ2v) is 5.06. The molecule has 0 radical (unpaired) electrons. The predicted molar refractivity (Wildman–Crippen MR) is 85.4 cm³/mol. The highest BCUT2D eigenvalue weighted by atomic mass is 79.9. The molecule has 0 aliphatic heterocycles. The number of rotatable bonds is 7. The lowest BCUT2D eigenvalue weighted by Gasteiger charge is -2.24. The molecule has 1 rings (SSSR count). The molecule has 0 saturated carbocycles. The van der Waals surface area contributed by atoms with Gasteiger partial charge in [0.2, 0.25) is 5.91 Å². The third-order valence-electron chi connectivity index (χ3n) is 3.03. The molecule has 0 atom stereocenters. The first-order valence-electron chi connectivity index (χ1n) is 6.85. The van der Waals surface area contributed by atoms with E-state index in [0.717, 1.165) is 24.2 Å². The Labute approximate surface area is 124 Å². The molecule has 104 valence electrons. The van der Waals surface area contributed by atoms with Crippen molar-refractivity contribution in [1.29, 1.82) is 0 Å². The summed E-state index contributed by atoms with van der Waals surface area (Å²) < 4.78 is 0. The SMILES string of the molecule is CCCCCC/C(=C\Br)N(C(C)=O)c1ccccc1. The second kappa shape index (κ2) is 8.92. The summed E-state index contributed by atoms with van der Waals surface area (Å²) in [4.78, 5) is 15.5. The van der Waals surface area contributed by atoms with E-state index >= 15 is 0 Å². The Bertz CT molecular complexity index is 414. The third-order valence-corrected chi connectivity index (χ3v) is 3.56. The van der Waals surface area contributed by atoms with Crippen LogP contribution in [0.3, 0.4) is 0 Å². The minimum atomic E-state index is 0.0485. The molecule has 1 aromatic rings. The van der Waals surface area contributed by atoms with Gasteiger partial charge in [-0.25, -0.2) is 0 Å². The molecule has 1 aromatic carbocycles. The van der Waals surface area contributed by atoms with Crippen molar-refractivity contribution in [1.82, 2.24) is 0 Å². The van der Waals surface area contributed by atoms with E-state index in [1.54, 1.807) is 11.8 Å². The molecule has 0 aromatic heterocycles. The summed E-state index contributed by atoms with van der Waals surface area (Å²) in [5, 5.41) is 0. The molecule has 3 heteroatoms. The Balaban J connectivity index is 2.77. The van der Waals surface area contributed by atoms with Gasteiger partial charge < -0.3 is 0 Å². The smallest absolute Gasteiger partial charge is 0.228 e. The highest BCUT2D eigenvalue weighted by Crippen LogP contribution is 2.24. The molecule has 0 aliphatic rings. The number of hydrogen-bond acceptors (Lipinski definition) is 1. The summed E-state index contributed by atoms with van der Waals surface area (Å²) in [6.45, 7) is 3.81. The van der Waals surface area contributed by atoms with Crippen LogP contribution in [-0.2, 0) is 4.79 Å². The standard InChI is InChI=1S/C16H22BrNO/c1-3-4-5-7-12-16(13-17)18(14(2)19)15-10-8-6-9-11-15/h6,8-11,13H,3-5,7,12H2,1-2H3/b16-13+. The van der Waals surface area contributed by atoms with Crippen molar-refractivity contribution in [2.75, 3.05) is 4.90 Å². The molecule has 2 nitrogen and oxygen atoms in total. The molecule has 19 heavy (non-hydrogen) atoms. The van der Waals surface area contributed by atoms with E-state index in [9.17, 15) is 4.79 Å². The number of hydrogen-bond donors (Lipinski definition) is 0. The van der Waals surface area contributed by atoms with Crippen molar-refractivity contribution in [3.8, 4) is 0 Å². The van der Waals surface area contributed by atoms with Gasteiger partial charge in [0.05, 0.1) is 0 Å². The number of carbonyl (C=O) groups is 1. The van der Waals surface area contributed by atoms with E-state index in [4.69, 9.17) is 0 Å². The molecule has 0 N–H and O–H groups in total. The Kier molecular flexibility index (Phi) is 7.49. The van der Waals surface area contributed by atoms with Crippen molar-refractivity contribution < 1.29 is 4.79 Å². The first-order chi connectivity index (χ1) is 9.20. The fourth-order valence-electron chi connectivity index (χ4n) is 2.07. The predicted octanol–water partition coefficient (Wildman–Crippen LogP) is 5.25. The molecule has 0 spiro atoms. The maximum Gasteiger partial charge on any atom is 0.228 e. The fourth-order valence-corrected chi connectivity index (χ4v) is 2.51. The highest BCUT2D eigenvalue weighted by molar-refractivity contribution is 9.11. The van der Waals surface area contributed by atoms with Gasteiger partial charge in [-0.1, -0.05) is 60.3 Å². The number of anilines is 1. The summed E-state index contributed by atoms with van der Waals surface area (Å²) in [6, 6.07) is 9.79. The van der Waals surface area contributed by atoms with E-state index in [1.165, 1.54) is 19.3 Å². The van der Waals surface area contributed by atoms with Crippen molar-refractivity contribution in [2.45, 2.75) is 46.0 Å². The lowest BCUT2D eigenvalue weighted by molar-refractivity contribution is -0.116. The van der Waals surface area contributed by atoms with Crippen LogP contribution in [0.25, 0.3) is 0 Å². The summed E-state index contributed by atoms with van der Waals surface area (Å²) >= 11 is 3.40. The van der Waals surface area contributed by atoms with Crippen LogP contribution in [-0.4, -0.2) is 5.91 Å². The monoisotopic (exact) mass is 323 g/mol. The second-order valence-electron chi connectivity index (χ2n) is 4.60. The normalized spacial score (nSPS) is 11.4. The molecule has 0 bridgehead atoms. The minimum Gasteiger partial charge on any atom is -0.285 e. The minimum absolute atomic E-state index is 0.0485. The molecular formula is C16H22BrNO. The van der Waals surface area contributed by atoms with Crippen LogP contribution < -0.4 is 4.90 Å². The van der Waals surface area contributed by atoms with Gasteiger partial charge in [0.25, 0.3) is 0 Å². The highest BCUT2D eigenvalue weighted by Gasteiger charge is 2.15. The Morgan fingerprint density at radius 1 is 1.21 bits per heavy atom. The summed E-state index contributed by atoms with van der Waals surface area (Å²) in [5.74, 6) is 0.0485. The summed E-state index contributed by atoms with van der Waals surface area (Å²) in [6.07, 6.45) is 5.71. The first-order valence-corrected chi connectivity index (χ1v) is 7.77. The van der Waals surface area contributed by atoms with E-state index < -0.39 is 0 Å². The molecule has 0 saturated heterocycles. The lowest BCUT2D eigenvalue weighted by Crippen LogP contribution is -2.27. The maximum absolute atomic E-state index is 11.9. The number of para-hydroxylation sites is 1. The Hall–Kier alpha value is -1.09. The number of nitrogens with zero attached hydrogens (tertiary/aromatic N) is 1. The van der Waals surface area contributed by atoms with Gasteiger partial charge in [-0.2, -0.15) is 0 Å². The zero-order valence-electron chi connectivity index (χ0n) is 11.7. The number of unbranched alkanes of at least 4 members (excludes halogenated alkanes) is 3. The van der Waals surface area contributed by atoms with Crippen molar-refractivity contribution >= 4 is 27.5 Å². The molecule has 0 fully saturated rings. The largest absolute Gasteiger partial charge is 0.285 e. The van der Waals surface area contributed by atoms with E-state index in [-0.39, 0.29) is 5.91 Å². The Morgan fingerprint density at radius 3 is 2.42 bits per heavy atom. The zero-order chi connectivity index (χ0) is 14.1. The molecule has 0 aliphatic carbocycles. The third kappa shape index (κ3) is 5.19. The van der Waals surface area contributed by atoms with Crippen molar-refractivity contribution in [2.24, 2.45) is 0 Å². The number of carbonyl (C=O) groups excluding carboxylic acids is 1. The quantitative estimate of drug-likeness (QED) is 0.628. The summed E-state index contributed by atoms with van der Waals surface area (Å²) in [5.41, 5.74) is 1.95. The van der Waals surface area contributed by atoms with Crippen molar-refractivity contribution in [3.05, 3.63) is 41.0 Å². The van der Waals surface area contributed by atoms with Gasteiger partial charge in [-0.3, -0.25) is 9.69 Å². The lowest BCUT2D eigenvalue weighted by atomic mass is 10.1. The van der Waals surface area contributed by atoms with Gasteiger partial charge in [0.15, 0.2) is 0 Å². The Morgan fingerprint density at radius 2 is 1.89 bits per heavy atom. The molecule has 1 amide bonds. The van der Waals surface area contributed by atoms with Crippen LogP contribution in [0, 0.1) is 0 Å². The maximum atomic E-state index is 11.9. The van der Waals surface area contributed by atoms with Crippen LogP contribution in [0.15, 0.2) is 41.0 Å². The number of amides is 1. The van der Waals surface area contributed by atoms with E-state index in [0.29, 0.717) is 0 Å². The van der Waals surface area contributed by atoms with Gasteiger partial charge in [0.1, 0.15) is 0 Å². The molecule has 0 unspecified atom stereocenters. The first kappa shape index (κ1) is 16.0. The van der Waals surface area contributed by atoms with Crippen LogP contribution in [0.2, 0.25) is 0 Å². The summed E-state index contributed by atoms with van der Waals surface area (Å²) in [7, 11) is 0. The van der Waals surface area contributed by atoms with E-state index in [1.807, 2.05) is 35.3 Å². The van der Waals surface area contributed by atoms with Gasteiger partial charge in [0, 0.05) is 23.3 Å². The molecular weight excluding hydrogens is 302 g/mol. The number of halogens is 1. The topological polar surface area (TPSA) is 20.3 Å². The zero-order valence-corrected chi connectivity index (χ0v) is 13.3. The van der Waals surface area contributed by atoms with Gasteiger partial charge in [-0.15, -0.1) is 0 Å². The average molecular weight is 324 g/mol. The van der Waals surface area contributed by atoms with Crippen LogP contribution in [0.1, 0.15) is 46.0 Å². The van der Waals surface area contributed by atoms with Crippen LogP contribution >= 0.6 is 15.9 Å². The fraction of sp³-hybridized carbons (Fsp3) is 0.438. The number of allylic oxidation sites excluding steroid dienone is 1. The van der Waals surface area contributed by atoms with Crippen LogP contribution in [0.4, 0.5) is 5.69 Å². The number of benzene rings is 1. The van der Waals surface area contributed by atoms with Crippen molar-refractivity contribution in [3.63, 3.8) is 0 Å². The molecule has 0 heterocycles. The van der Waals surface area contributed by atoms with E-state index in [2.05, 4.69) is 22.9 Å². The van der Waals surface area contributed by atoms with Crippen LogP contribution in [0.5, 0.6) is 0 Å². The average Bonchev–Trinajstić information content (AvgIpc) is 2.42. The van der Waals surface area contributed by atoms with Gasteiger partial charge in [-0.05, 0) is 25.0 Å². The van der Waals surface area contributed by atoms with Gasteiger partial charge >= 0.3 is 0 Å².